The minimum atomic E-state index is -0.212. The fourth-order valence-corrected chi connectivity index (χ4v) is 3.85. The van der Waals surface area contributed by atoms with E-state index in [4.69, 9.17) is 9.47 Å². The van der Waals surface area contributed by atoms with Gasteiger partial charge in [-0.1, -0.05) is 0 Å². The molecule has 3 heterocycles. The summed E-state index contributed by atoms with van der Waals surface area (Å²) in [6.07, 6.45) is 4.08. The molecule has 0 radical (unpaired) electrons. The van der Waals surface area contributed by atoms with Crippen molar-refractivity contribution in [2.24, 2.45) is 5.92 Å². The summed E-state index contributed by atoms with van der Waals surface area (Å²) in [5.74, 6) is 2.29. The molecule has 142 valence electrons. The Bertz CT molecular complexity index is 673. The van der Waals surface area contributed by atoms with E-state index in [-0.39, 0.29) is 17.6 Å². The van der Waals surface area contributed by atoms with Gasteiger partial charge >= 0.3 is 0 Å². The second kappa shape index (κ2) is 6.66. The number of rotatable bonds is 5. The third-order valence-electron chi connectivity index (χ3n) is 5.51. The molecule has 3 aliphatic rings. The molecule has 4 rings (SSSR count). The number of carbonyl (C=O) groups is 1. The summed E-state index contributed by atoms with van der Waals surface area (Å²) < 4.78 is 11.4. The van der Waals surface area contributed by atoms with Gasteiger partial charge in [-0.15, -0.1) is 0 Å². The molecule has 2 aliphatic heterocycles. The lowest BCUT2D eigenvalue weighted by atomic mass is 9.90. The molecule has 0 N–H and O–H groups in total. The summed E-state index contributed by atoms with van der Waals surface area (Å²) in [5, 5.41) is 0. The molecule has 1 spiro atoms. The number of aromatic nitrogens is 2. The minimum absolute atomic E-state index is 0.136. The molecule has 8 nitrogen and oxygen atoms in total. The van der Waals surface area contributed by atoms with E-state index in [1.54, 1.807) is 12.0 Å². The minimum Gasteiger partial charge on any atom is -0.481 e. The molecule has 1 aliphatic carbocycles. The number of hydrogen-bond donors (Lipinski definition) is 0. The molecule has 26 heavy (non-hydrogen) atoms. The molecule has 8 heteroatoms. The summed E-state index contributed by atoms with van der Waals surface area (Å²) in [6, 6.07) is 1.68. The standard InChI is InChI=1S/C18H27N5O3/c1-21(2)17(24)14-8-26-18(9-22(14)7-13-4-5-13)10-23(11-18)15-6-16(25-3)20-12-19-15/h6,12-14H,4-5,7-11H2,1-3H3. The van der Waals surface area contributed by atoms with E-state index in [2.05, 4.69) is 19.8 Å². The molecule has 1 atom stereocenters. The maximum absolute atomic E-state index is 12.5. The topological polar surface area (TPSA) is 71.0 Å². The van der Waals surface area contributed by atoms with Crippen molar-refractivity contribution < 1.29 is 14.3 Å². The van der Waals surface area contributed by atoms with Gasteiger partial charge in [0.25, 0.3) is 0 Å². The number of amides is 1. The zero-order chi connectivity index (χ0) is 18.3. The zero-order valence-electron chi connectivity index (χ0n) is 15.7. The van der Waals surface area contributed by atoms with Gasteiger partial charge in [0.15, 0.2) is 0 Å². The molecule has 3 fully saturated rings. The maximum Gasteiger partial charge on any atom is 0.241 e. The number of likely N-dealkylation sites (N-methyl/N-ethyl adjacent to an activating group) is 1. The molecular weight excluding hydrogens is 334 g/mol. The van der Waals surface area contributed by atoms with Crippen LogP contribution in [0.4, 0.5) is 5.82 Å². The van der Waals surface area contributed by atoms with Crippen molar-refractivity contribution in [3.05, 3.63) is 12.4 Å². The third-order valence-corrected chi connectivity index (χ3v) is 5.51. The third kappa shape index (κ3) is 3.35. The van der Waals surface area contributed by atoms with Crippen LogP contribution in [0.15, 0.2) is 12.4 Å². The molecule has 1 aromatic heterocycles. The smallest absolute Gasteiger partial charge is 0.241 e. The van der Waals surface area contributed by atoms with Crippen LogP contribution in [0.3, 0.4) is 0 Å². The number of methoxy groups -OCH3 is 1. The Hall–Kier alpha value is -1.93. The number of hydrogen-bond acceptors (Lipinski definition) is 7. The Balaban J connectivity index is 1.43. The van der Waals surface area contributed by atoms with Gasteiger partial charge < -0.3 is 19.3 Å². The second-order valence-electron chi connectivity index (χ2n) is 7.89. The highest BCUT2D eigenvalue weighted by molar-refractivity contribution is 5.81. The normalized spacial score (nSPS) is 25.0. The van der Waals surface area contributed by atoms with Gasteiger partial charge in [0.05, 0.1) is 26.8 Å². The van der Waals surface area contributed by atoms with Gasteiger partial charge in [-0.2, -0.15) is 0 Å². The molecule has 0 bridgehead atoms. The Morgan fingerprint density at radius 3 is 2.77 bits per heavy atom. The number of carbonyl (C=O) groups excluding carboxylic acids is 1. The van der Waals surface area contributed by atoms with Gasteiger partial charge in [-0.3, -0.25) is 9.69 Å². The predicted molar refractivity (Wildman–Crippen MR) is 96.3 cm³/mol. The first-order valence-corrected chi connectivity index (χ1v) is 9.20. The summed E-state index contributed by atoms with van der Waals surface area (Å²) in [6.45, 7) is 3.81. The van der Waals surface area contributed by atoms with Crippen LogP contribution in [-0.2, 0) is 9.53 Å². The summed E-state index contributed by atoms with van der Waals surface area (Å²) in [4.78, 5) is 27.1. The van der Waals surface area contributed by atoms with E-state index in [0.717, 1.165) is 37.9 Å². The van der Waals surface area contributed by atoms with Crippen LogP contribution >= 0.6 is 0 Å². The lowest BCUT2D eigenvalue weighted by molar-refractivity contribution is -0.167. The van der Waals surface area contributed by atoms with E-state index in [9.17, 15) is 4.79 Å². The highest BCUT2D eigenvalue weighted by Gasteiger charge is 2.51. The van der Waals surface area contributed by atoms with Crippen LogP contribution < -0.4 is 9.64 Å². The van der Waals surface area contributed by atoms with Crippen molar-refractivity contribution in [3.8, 4) is 5.88 Å². The van der Waals surface area contributed by atoms with E-state index in [1.807, 2.05) is 20.2 Å². The summed E-state index contributed by atoms with van der Waals surface area (Å²) >= 11 is 0. The number of ether oxygens (including phenoxy) is 2. The van der Waals surface area contributed by atoms with Gasteiger partial charge in [-0.05, 0) is 18.8 Å². The van der Waals surface area contributed by atoms with Crippen LogP contribution in [0.5, 0.6) is 5.88 Å². The first kappa shape index (κ1) is 17.5. The highest BCUT2D eigenvalue weighted by Crippen LogP contribution is 2.37. The van der Waals surface area contributed by atoms with Crippen molar-refractivity contribution in [1.29, 1.82) is 0 Å². The number of nitrogens with zero attached hydrogens (tertiary/aromatic N) is 5. The number of anilines is 1. The molecule has 1 aromatic rings. The Labute approximate surface area is 154 Å². The SMILES string of the molecule is COc1cc(N2CC3(C2)CN(CC2CC2)C(C(=O)N(C)C)CO3)ncn1. The monoisotopic (exact) mass is 361 g/mol. The lowest BCUT2D eigenvalue weighted by Gasteiger charge is -2.56. The van der Waals surface area contributed by atoms with Gasteiger partial charge in [0, 0.05) is 33.3 Å². The first-order valence-electron chi connectivity index (χ1n) is 9.20. The molecule has 1 unspecified atom stereocenters. The van der Waals surface area contributed by atoms with E-state index >= 15 is 0 Å². The van der Waals surface area contributed by atoms with Crippen molar-refractivity contribution in [2.45, 2.75) is 24.5 Å². The van der Waals surface area contributed by atoms with Crippen LogP contribution in [0.25, 0.3) is 0 Å². The Kier molecular flexibility index (Phi) is 4.48. The average Bonchev–Trinajstić information content (AvgIpc) is 3.43. The maximum atomic E-state index is 12.5. The van der Waals surface area contributed by atoms with Crippen molar-refractivity contribution in [3.63, 3.8) is 0 Å². The van der Waals surface area contributed by atoms with Crippen LogP contribution in [0.2, 0.25) is 0 Å². The van der Waals surface area contributed by atoms with E-state index < -0.39 is 0 Å². The van der Waals surface area contributed by atoms with Gasteiger partial charge in [-0.25, -0.2) is 9.97 Å². The van der Waals surface area contributed by atoms with Gasteiger partial charge in [0.1, 0.15) is 23.8 Å². The largest absolute Gasteiger partial charge is 0.481 e. The van der Waals surface area contributed by atoms with Crippen molar-refractivity contribution in [2.75, 3.05) is 58.9 Å². The van der Waals surface area contributed by atoms with Crippen LogP contribution in [0.1, 0.15) is 12.8 Å². The predicted octanol–water partition coefficient (Wildman–Crippen LogP) is 0.243. The molecule has 0 aromatic carbocycles. The average molecular weight is 361 g/mol. The van der Waals surface area contributed by atoms with Crippen molar-refractivity contribution in [1.82, 2.24) is 19.8 Å². The molecule has 1 saturated carbocycles. The van der Waals surface area contributed by atoms with Crippen LogP contribution in [0, 0.1) is 5.92 Å². The second-order valence-corrected chi connectivity index (χ2v) is 7.89. The molecule has 1 amide bonds. The number of morpholine rings is 1. The fourth-order valence-electron chi connectivity index (χ4n) is 3.85. The van der Waals surface area contributed by atoms with Crippen molar-refractivity contribution >= 4 is 11.7 Å². The quantitative estimate of drug-likeness (QED) is 0.744. The first-order chi connectivity index (χ1) is 12.5. The lowest BCUT2D eigenvalue weighted by Crippen LogP contribution is -2.73. The summed E-state index contributed by atoms with van der Waals surface area (Å²) in [5.41, 5.74) is -0.212. The Morgan fingerprint density at radius 1 is 1.35 bits per heavy atom. The zero-order valence-corrected chi connectivity index (χ0v) is 15.7. The highest BCUT2D eigenvalue weighted by atomic mass is 16.5. The van der Waals surface area contributed by atoms with E-state index in [1.165, 1.54) is 19.2 Å². The van der Waals surface area contributed by atoms with E-state index in [0.29, 0.717) is 12.5 Å². The Morgan fingerprint density at radius 2 is 2.12 bits per heavy atom. The van der Waals surface area contributed by atoms with Crippen LogP contribution in [-0.4, -0.2) is 91.3 Å². The molecule has 2 saturated heterocycles. The fraction of sp³-hybridized carbons (Fsp3) is 0.722. The molecular formula is C18H27N5O3. The van der Waals surface area contributed by atoms with Gasteiger partial charge in [0.2, 0.25) is 11.8 Å². The summed E-state index contributed by atoms with van der Waals surface area (Å²) in [7, 11) is 5.23.